The van der Waals surface area contributed by atoms with E-state index in [1.54, 1.807) is 0 Å². The van der Waals surface area contributed by atoms with Gasteiger partial charge in [-0.3, -0.25) is 0 Å². The Bertz CT molecular complexity index is 297. The van der Waals surface area contributed by atoms with E-state index in [2.05, 4.69) is 0 Å². The lowest BCUT2D eigenvalue weighted by Gasteiger charge is -2.05. The molecule has 66 valence electrons. The van der Waals surface area contributed by atoms with Crippen LogP contribution >= 0.6 is 11.6 Å². The van der Waals surface area contributed by atoms with E-state index in [0.29, 0.717) is 0 Å². The SMILES string of the molecule is CC(Cl)c1ccc(F)c(F)c1F. The fourth-order valence-electron chi connectivity index (χ4n) is 0.848. The van der Waals surface area contributed by atoms with Gasteiger partial charge in [0.15, 0.2) is 17.5 Å². The molecule has 0 aliphatic heterocycles. The van der Waals surface area contributed by atoms with E-state index in [4.69, 9.17) is 11.6 Å². The number of hydrogen-bond acceptors (Lipinski definition) is 0. The van der Waals surface area contributed by atoms with Gasteiger partial charge in [-0.1, -0.05) is 6.07 Å². The third-order valence-electron chi connectivity index (χ3n) is 1.49. The molecule has 1 aromatic carbocycles. The van der Waals surface area contributed by atoms with Crippen molar-refractivity contribution in [1.82, 2.24) is 0 Å². The second kappa shape index (κ2) is 3.35. The van der Waals surface area contributed by atoms with Gasteiger partial charge in [-0.15, -0.1) is 11.6 Å². The van der Waals surface area contributed by atoms with Gasteiger partial charge in [0.1, 0.15) is 0 Å². The summed E-state index contributed by atoms with van der Waals surface area (Å²) in [5.41, 5.74) is -0.0319. The Balaban J connectivity index is 3.27. The Hall–Kier alpha value is -0.700. The van der Waals surface area contributed by atoms with Gasteiger partial charge < -0.3 is 0 Å². The van der Waals surface area contributed by atoms with Crippen molar-refractivity contribution < 1.29 is 13.2 Å². The average Bonchev–Trinajstić information content (AvgIpc) is 2.00. The van der Waals surface area contributed by atoms with Crippen molar-refractivity contribution in [2.75, 3.05) is 0 Å². The van der Waals surface area contributed by atoms with Gasteiger partial charge in [0.2, 0.25) is 0 Å². The summed E-state index contributed by atoms with van der Waals surface area (Å²) >= 11 is 5.50. The highest BCUT2D eigenvalue weighted by atomic mass is 35.5. The van der Waals surface area contributed by atoms with Crippen molar-refractivity contribution in [3.63, 3.8) is 0 Å². The molecule has 0 spiro atoms. The van der Waals surface area contributed by atoms with Gasteiger partial charge in [0, 0.05) is 5.56 Å². The predicted octanol–water partition coefficient (Wildman–Crippen LogP) is 3.40. The maximum absolute atomic E-state index is 12.8. The maximum atomic E-state index is 12.8. The molecular formula is C8H6ClF3. The lowest BCUT2D eigenvalue weighted by atomic mass is 10.1. The minimum atomic E-state index is -1.47. The highest BCUT2D eigenvalue weighted by Gasteiger charge is 2.15. The van der Waals surface area contributed by atoms with Gasteiger partial charge in [-0.25, -0.2) is 13.2 Å². The normalized spacial score (nSPS) is 13.1. The lowest BCUT2D eigenvalue weighted by Crippen LogP contribution is -1.97. The Labute approximate surface area is 73.0 Å². The molecule has 0 radical (unpaired) electrons. The summed E-state index contributed by atoms with van der Waals surface area (Å²) in [6.07, 6.45) is 0. The fourth-order valence-corrected chi connectivity index (χ4v) is 1.02. The van der Waals surface area contributed by atoms with Crippen molar-refractivity contribution in [1.29, 1.82) is 0 Å². The summed E-state index contributed by atoms with van der Waals surface area (Å²) in [4.78, 5) is 0. The van der Waals surface area contributed by atoms with Crippen molar-refractivity contribution in [2.24, 2.45) is 0 Å². The zero-order valence-electron chi connectivity index (χ0n) is 6.24. The van der Waals surface area contributed by atoms with Crippen LogP contribution in [0.5, 0.6) is 0 Å². The van der Waals surface area contributed by atoms with E-state index in [1.807, 2.05) is 0 Å². The fraction of sp³-hybridized carbons (Fsp3) is 0.250. The molecule has 1 unspecified atom stereocenters. The van der Waals surface area contributed by atoms with E-state index >= 15 is 0 Å². The van der Waals surface area contributed by atoms with Crippen LogP contribution in [-0.2, 0) is 0 Å². The molecule has 0 aromatic heterocycles. The van der Waals surface area contributed by atoms with Gasteiger partial charge >= 0.3 is 0 Å². The zero-order chi connectivity index (χ0) is 9.30. The van der Waals surface area contributed by atoms with Crippen LogP contribution in [-0.4, -0.2) is 0 Å². The number of benzene rings is 1. The molecule has 1 atom stereocenters. The first-order chi connectivity index (χ1) is 5.54. The number of halogens is 4. The Morgan fingerprint density at radius 2 is 1.75 bits per heavy atom. The number of alkyl halides is 1. The van der Waals surface area contributed by atoms with Crippen molar-refractivity contribution >= 4 is 11.6 Å². The molecule has 0 bridgehead atoms. The van der Waals surface area contributed by atoms with E-state index in [0.717, 1.165) is 12.1 Å². The minimum Gasteiger partial charge on any atom is -0.204 e. The van der Waals surface area contributed by atoms with E-state index < -0.39 is 22.8 Å². The molecule has 0 aliphatic carbocycles. The monoisotopic (exact) mass is 194 g/mol. The largest absolute Gasteiger partial charge is 0.204 e. The highest BCUT2D eigenvalue weighted by Crippen LogP contribution is 2.24. The first-order valence-corrected chi connectivity index (χ1v) is 3.75. The third kappa shape index (κ3) is 1.55. The molecule has 0 saturated carbocycles. The van der Waals surface area contributed by atoms with Crippen LogP contribution < -0.4 is 0 Å². The molecule has 0 saturated heterocycles. The second-order valence-corrected chi connectivity index (χ2v) is 3.04. The van der Waals surface area contributed by atoms with Gasteiger partial charge in [-0.2, -0.15) is 0 Å². The van der Waals surface area contributed by atoms with Crippen LogP contribution in [0.15, 0.2) is 12.1 Å². The van der Waals surface area contributed by atoms with Gasteiger partial charge in [0.25, 0.3) is 0 Å². The van der Waals surface area contributed by atoms with Crippen LogP contribution in [0, 0.1) is 17.5 Å². The van der Waals surface area contributed by atoms with E-state index in [-0.39, 0.29) is 5.56 Å². The summed E-state index contributed by atoms with van der Waals surface area (Å²) in [6, 6.07) is 1.98. The number of rotatable bonds is 1. The maximum Gasteiger partial charge on any atom is 0.194 e. The van der Waals surface area contributed by atoms with Crippen molar-refractivity contribution in [2.45, 2.75) is 12.3 Å². The standard InChI is InChI=1S/C8H6ClF3/c1-4(9)5-2-3-6(10)8(12)7(5)11/h2-4H,1H3. The summed E-state index contributed by atoms with van der Waals surface area (Å²) in [7, 11) is 0. The molecule has 0 amide bonds. The van der Waals surface area contributed by atoms with Crippen LogP contribution in [0.2, 0.25) is 0 Å². The summed E-state index contributed by atoms with van der Waals surface area (Å²) in [5.74, 6) is -3.88. The topological polar surface area (TPSA) is 0 Å². The van der Waals surface area contributed by atoms with Crippen molar-refractivity contribution in [3.8, 4) is 0 Å². The lowest BCUT2D eigenvalue weighted by molar-refractivity contribution is 0.441. The Morgan fingerprint density at radius 3 is 2.25 bits per heavy atom. The second-order valence-electron chi connectivity index (χ2n) is 2.38. The summed E-state index contributed by atoms with van der Waals surface area (Å²) in [6.45, 7) is 1.48. The zero-order valence-corrected chi connectivity index (χ0v) is 7.00. The molecule has 0 aliphatic rings. The molecule has 4 heteroatoms. The molecule has 0 heterocycles. The highest BCUT2D eigenvalue weighted by molar-refractivity contribution is 6.20. The first kappa shape index (κ1) is 9.39. The van der Waals surface area contributed by atoms with Crippen LogP contribution in [0.25, 0.3) is 0 Å². The first-order valence-electron chi connectivity index (χ1n) is 3.31. The predicted molar refractivity (Wildman–Crippen MR) is 40.6 cm³/mol. The molecule has 1 aromatic rings. The summed E-state index contributed by atoms with van der Waals surface area (Å²) in [5, 5.41) is -0.667. The minimum absolute atomic E-state index is 0.0319. The number of hydrogen-bond donors (Lipinski definition) is 0. The van der Waals surface area contributed by atoms with Crippen LogP contribution in [0.1, 0.15) is 17.9 Å². The molecule has 0 nitrogen and oxygen atoms in total. The van der Waals surface area contributed by atoms with E-state index in [1.165, 1.54) is 6.92 Å². The van der Waals surface area contributed by atoms with Crippen LogP contribution in [0.3, 0.4) is 0 Å². The van der Waals surface area contributed by atoms with Gasteiger partial charge in [0.05, 0.1) is 5.38 Å². The Morgan fingerprint density at radius 1 is 1.17 bits per heavy atom. The average molecular weight is 195 g/mol. The van der Waals surface area contributed by atoms with E-state index in [9.17, 15) is 13.2 Å². The molecule has 0 fully saturated rings. The molecular weight excluding hydrogens is 189 g/mol. The third-order valence-corrected chi connectivity index (χ3v) is 1.73. The van der Waals surface area contributed by atoms with Crippen molar-refractivity contribution in [3.05, 3.63) is 35.1 Å². The van der Waals surface area contributed by atoms with Gasteiger partial charge in [-0.05, 0) is 13.0 Å². The Kier molecular flexibility index (Phi) is 2.62. The smallest absolute Gasteiger partial charge is 0.194 e. The van der Waals surface area contributed by atoms with Crippen LogP contribution in [0.4, 0.5) is 13.2 Å². The quantitative estimate of drug-likeness (QED) is 0.475. The molecule has 0 N–H and O–H groups in total. The molecule has 1 rings (SSSR count). The summed E-state index contributed by atoms with van der Waals surface area (Å²) < 4.78 is 37.7. The molecule has 12 heavy (non-hydrogen) atoms.